The highest BCUT2D eigenvalue weighted by atomic mass is 19.4. The van der Waals surface area contributed by atoms with Gasteiger partial charge in [-0.1, -0.05) is 18.2 Å². The number of nitrogens with one attached hydrogen (secondary N) is 1. The number of para-hydroxylation sites is 1. The maximum atomic E-state index is 14.2. The highest BCUT2D eigenvalue weighted by molar-refractivity contribution is 6.05. The molecular formula is C21H17F6N5O. The molecule has 1 N–H and O–H groups in total. The first-order valence-corrected chi connectivity index (χ1v) is 9.81. The molecule has 1 amide bonds. The Bertz CT molecular complexity index is 1200. The highest BCUT2D eigenvalue weighted by Gasteiger charge is 2.44. The molecule has 33 heavy (non-hydrogen) atoms. The van der Waals surface area contributed by atoms with Crippen molar-refractivity contribution in [1.29, 1.82) is 0 Å². The number of rotatable bonds is 3. The molecule has 0 saturated heterocycles. The molecule has 0 unspecified atom stereocenters. The molecule has 0 spiro atoms. The molecule has 4 rings (SSSR count). The van der Waals surface area contributed by atoms with Crippen molar-refractivity contribution in [3.63, 3.8) is 0 Å². The first-order chi connectivity index (χ1) is 15.5. The molecule has 1 aromatic carbocycles. The van der Waals surface area contributed by atoms with Gasteiger partial charge >= 0.3 is 12.4 Å². The van der Waals surface area contributed by atoms with E-state index in [-0.39, 0.29) is 12.2 Å². The van der Waals surface area contributed by atoms with Gasteiger partial charge in [0.2, 0.25) is 0 Å². The number of aromatic nitrogens is 3. The molecule has 0 bridgehead atoms. The van der Waals surface area contributed by atoms with Crippen molar-refractivity contribution in [3.05, 3.63) is 65.1 Å². The molecule has 1 aliphatic heterocycles. The second-order valence-electron chi connectivity index (χ2n) is 7.43. The highest BCUT2D eigenvalue weighted by Crippen LogP contribution is 2.43. The van der Waals surface area contributed by atoms with E-state index < -0.39 is 41.0 Å². The minimum absolute atomic E-state index is 0.261. The lowest BCUT2D eigenvalue weighted by Gasteiger charge is -2.30. The number of nitrogens with zero attached hydrogens (tertiary/aromatic N) is 4. The van der Waals surface area contributed by atoms with Crippen LogP contribution in [0.1, 0.15) is 33.7 Å². The van der Waals surface area contributed by atoms with Gasteiger partial charge in [-0.05, 0) is 36.6 Å². The Hall–Kier alpha value is -3.57. The quantitative estimate of drug-likeness (QED) is 0.537. The van der Waals surface area contributed by atoms with Crippen LogP contribution in [0.25, 0.3) is 0 Å². The maximum Gasteiger partial charge on any atom is 0.433 e. The zero-order valence-electron chi connectivity index (χ0n) is 17.1. The molecule has 0 radical (unpaired) electrons. The molecule has 0 aliphatic carbocycles. The number of aryl methyl sites for hydroxylation is 2. The number of halogens is 6. The van der Waals surface area contributed by atoms with Crippen molar-refractivity contribution in [2.75, 3.05) is 16.8 Å². The SMILES string of the molecule is Cn1nc(N2CCCc3ccccc32)c(C(F)(F)F)c1C(=O)Nc1ccnc(C(F)(F)F)c1. The van der Waals surface area contributed by atoms with Crippen molar-refractivity contribution in [3.8, 4) is 0 Å². The van der Waals surface area contributed by atoms with Crippen LogP contribution in [0.3, 0.4) is 0 Å². The average molecular weight is 469 g/mol. The summed E-state index contributed by atoms with van der Waals surface area (Å²) >= 11 is 0. The number of hydrogen-bond acceptors (Lipinski definition) is 4. The van der Waals surface area contributed by atoms with Gasteiger partial charge in [-0.25, -0.2) is 0 Å². The van der Waals surface area contributed by atoms with Crippen LogP contribution < -0.4 is 10.2 Å². The Balaban J connectivity index is 1.76. The van der Waals surface area contributed by atoms with Gasteiger partial charge in [0, 0.05) is 31.2 Å². The number of carbonyl (C=O) groups excluding carboxylic acids is 1. The van der Waals surface area contributed by atoms with Crippen LogP contribution in [0.5, 0.6) is 0 Å². The molecule has 6 nitrogen and oxygen atoms in total. The number of anilines is 3. The van der Waals surface area contributed by atoms with Crippen LogP contribution in [0, 0.1) is 0 Å². The Kier molecular flexibility index (Phi) is 5.54. The normalized spacial score (nSPS) is 14.2. The van der Waals surface area contributed by atoms with E-state index in [0.717, 1.165) is 22.5 Å². The molecule has 0 atom stereocenters. The van der Waals surface area contributed by atoms with Gasteiger partial charge in [0.05, 0.1) is 0 Å². The zero-order chi connectivity index (χ0) is 24.0. The minimum atomic E-state index is -4.95. The van der Waals surface area contributed by atoms with Crippen molar-refractivity contribution in [2.24, 2.45) is 7.05 Å². The van der Waals surface area contributed by atoms with E-state index in [4.69, 9.17) is 0 Å². The molecule has 3 aromatic rings. The van der Waals surface area contributed by atoms with E-state index >= 15 is 0 Å². The number of hydrogen-bond donors (Lipinski definition) is 1. The van der Waals surface area contributed by atoms with E-state index in [2.05, 4.69) is 15.4 Å². The number of carbonyl (C=O) groups is 1. The molecule has 174 valence electrons. The lowest BCUT2D eigenvalue weighted by atomic mass is 10.0. The van der Waals surface area contributed by atoms with E-state index in [1.807, 2.05) is 6.07 Å². The van der Waals surface area contributed by atoms with Gasteiger partial charge < -0.3 is 10.2 Å². The second-order valence-corrected chi connectivity index (χ2v) is 7.43. The van der Waals surface area contributed by atoms with Crippen molar-refractivity contribution in [2.45, 2.75) is 25.2 Å². The Morgan fingerprint density at radius 2 is 1.79 bits per heavy atom. The summed E-state index contributed by atoms with van der Waals surface area (Å²) in [6.07, 6.45) is -7.64. The molecule has 12 heteroatoms. The summed E-state index contributed by atoms with van der Waals surface area (Å²) in [5.74, 6) is -1.68. The summed E-state index contributed by atoms with van der Waals surface area (Å²) in [4.78, 5) is 17.4. The first kappa shape index (κ1) is 22.6. The van der Waals surface area contributed by atoms with Gasteiger partial charge in [-0.15, -0.1) is 0 Å². The minimum Gasteiger partial charge on any atom is -0.324 e. The van der Waals surface area contributed by atoms with E-state index in [0.29, 0.717) is 24.6 Å². The number of pyridine rings is 1. The predicted molar refractivity (Wildman–Crippen MR) is 107 cm³/mol. The van der Waals surface area contributed by atoms with Crippen LogP contribution in [-0.2, 0) is 25.8 Å². The van der Waals surface area contributed by atoms with Crippen molar-refractivity contribution >= 4 is 23.1 Å². The number of alkyl halides is 6. The van der Waals surface area contributed by atoms with Crippen LogP contribution in [0.2, 0.25) is 0 Å². The smallest absolute Gasteiger partial charge is 0.324 e. The van der Waals surface area contributed by atoms with Gasteiger partial charge in [-0.2, -0.15) is 31.4 Å². The third-order valence-corrected chi connectivity index (χ3v) is 5.20. The van der Waals surface area contributed by atoms with E-state index in [1.165, 1.54) is 11.9 Å². The number of benzene rings is 1. The van der Waals surface area contributed by atoms with Crippen molar-refractivity contribution < 1.29 is 31.1 Å². The Labute approximate surface area is 183 Å². The first-order valence-electron chi connectivity index (χ1n) is 9.81. The fourth-order valence-corrected chi connectivity index (χ4v) is 3.83. The summed E-state index contributed by atoms with van der Waals surface area (Å²) in [6, 6.07) is 8.57. The molecule has 0 fully saturated rings. The number of fused-ring (bicyclic) bond motifs is 1. The second kappa shape index (κ2) is 8.09. The Morgan fingerprint density at radius 3 is 2.48 bits per heavy atom. The maximum absolute atomic E-state index is 14.2. The summed E-state index contributed by atoms with van der Waals surface area (Å²) in [5, 5.41) is 6.09. The molecular weight excluding hydrogens is 452 g/mol. The van der Waals surface area contributed by atoms with Crippen LogP contribution in [0.4, 0.5) is 43.5 Å². The number of amides is 1. The standard InChI is InChI=1S/C21H17F6N5O/c1-31-17(19(33)29-13-8-9-28-15(11-13)20(22,23)24)16(21(25,26)27)18(30-31)32-10-4-6-12-5-2-3-7-14(12)32/h2-3,5,7-9,11H,4,6,10H2,1H3,(H,28,29,33). The summed E-state index contributed by atoms with van der Waals surface area (Å²) in [5.41, 5.74) is -2.29. The van der Waals surface area contributed by atoms with Crippen molar-refractivity contribution in [1.82, 2.24) is 14.8 Å². The molecule has 2 aromatic heterocycles. The van der Waals surface area contributed by atoms with Gasteiger partial charge in [-0.3, -0.25) is 14.5 Å². The predicted octanol–water partition coefficient (Wildman–Crippen LogP) is 5.19. The fourth-order valence-electron chi connectivity index (χ4n) is 3.83. The fraction of sp³-hybridized carbons (Fsp3) is 0.286. The lowest BCUT2D eigenvalue weighted by Crippen LogP contribution is -2.27. The van der Waals surface area contributed by atoms with Gasteiger partial charge in [0.25, 0.3) is 5.91 Å². The third kappa shape index (κ3) is 4.37. The third-order valence-electron chi connectivity index (χ3n) is 5.20. The summed E-state index contributed by atoms with van der Waals surface area (Å²) in [7, 11) is 1.18. The van der Waals surface area contributed by atoms with Crippen LogP contribution >= 0.6 is 0 Å². The largest absolute Gasteiger partial charge is 0.433 e. The van der Waals surface area contributed by atoms with Crippen LogP contribution in [0.15, 0.2) is 42.6 Å². The molecule has 3 heterocycles. The zero-order valence-corrected chi connectivity index (χ0v) is 17.1. The molecule has 1 aliphatic rings. The lowest BCUT2D eigenvalue weighted by molar-refractivity contribution is -0.141. The van der Waals surface area contributed by atoms with Gasteiger partial charge in [0.1, 0.15) is 17.0 Å². The van der Waals surface area contributed by atoms with Gasteiger partial charge in [0.15, 0.2) is 5.82 Å². The Morgan fingerprint density at radius 1 is 1.06 bits per heavy atom. The summed E-state index contributed by atoms with van der Waals surface area (Å²) in [6.45, 7) is 0.261. The average Bonchev–Trinajstić information content (AvgIpc) is 3.10. The van der Waals surface area contributed by atoms with E-state index in [9.17, 15) is 31.1 Å². The monoisotopic (exact) mass is 469 g/mol. The topological polar surface area (TPSA) is 63.1 Å². The van der Waals surface area contributed by atoms with Crippen LogP contribution in [-0.4, -0.2) is 27.2 Å². The summed E-state index contributed by atoms with van der Waals surface area (Å²) < 4.78 is 81.9. The van der Waals surface area contributed by atoms with E-state index in [1.54, 1.807) is 18.2 Å². The molecule has 0 saturated carbocycles.